The van der Waals surface area contributed by atoms with E-state index in [-0.39, 0.29) is 17.6 Å². The second-order valence-electron chi connectivity index (χ2n) is 5.57. The Morgan fingerprint density at radius 2 is 2.00 bits per heavy atom. The second kappa shape index (κ2) is 9.44. The van der Waals surface area contributed by atoms with Crippen molar-refractivity contribution in [1.29, 1.82) is 0 Å². The topological polar surface area (TPSA) is 89.8 Å². The fourth-order valence-electron chi connectivity index (χ4n) is 2.35. The van der Waals surface area contributed by atoms with Crippen LogP contribution >= 0.6 is 24.0 Å². The fourth-order valence-corrected chi connectivity index (χ4v) is 3.66. The summed E-state index contributed by atoms with van der Waals surface area (Å²) in [5.41, 5.74) is 0.704. The number of thiocarbonyl (C=S) groups is 1. The summed E-state index contributed by atoms with van der Waals surface area (Å²) in [5, 5.41) is 10.7. The number of carbonyl (C=O) groups is 2. The Bertz CT molecular complexity index is 746. The molecule has 0 radical (unpaired) electrons. The van der Waals surface area contributed by atoms with Gasteiger partial charge < -0.3 is 4.74 Å². The smallest absolute Gasteiger partial charge is 0.305 e. The highest BCUT2D eigenvalue weighted by Crippen LogP contribution is 2.33. The van der Waals surface area contributed by atoms with Crippen LogP contribution in [0.3, 0.4) is 0 Å². The second-order valence-corrected chi connectivity index (χ2v) is 7.24. The maximum Gasteiger partial charge on any atom is 0.305 e. The van der Waals surface area contributed by atoms with E-state index < -0.39 is 4.92 Å². The summed E-state index contributed by atoms with van der Waals surface area (Å²) >= 11 is 6.49. The van der Waals surface area contributed by atoms with Crippen molar-refractivity contribution in [3.8, 4) is 0 Å². The van der Waals surface area contributed by atoms with Crippen molar-refractivity contribution in [2.45, 2.75) is 25.7 Å². The van der Waals surface area contributed by atoms with Crippen LogP contribution in [0, 0.1) is 10.1 Å². The maximum atomic E-state index is 12.5. The molecule has 1 aliphatic heterocycles. The monoisotopic (exact) mass is 394 g/mol. The molecule has 0 aromatic heterocycles. The number of esters is 1. The minimum atomic E-state index is -0.469. The number of hydrogen-bond acceptors (Lipinski definition) is 7. The molecular weight excluding hydrogens is 376 g/mol. The fraction of sp³-hybridized carbons (Fsp3) is 0.353. The van der Waals surface area contributed by atoms with E-state index >= 15 is 0 Å². The highest BCUT2D eigenvalue weighted by atomic mass is 32.2. The quantitative estimate of drug-likeness (QED) is 0.166. The number of thioether (sulfide) groups is 1. The number of carbonyl (C=O) groups excluding carboxylic acids is 2. The number of methoxy groups -OCH3 is 1. The molecule has 0 spiro atoms. The van der Waals surface area contributed by atoms with Gasteiger partial charge in [-0.15, -0.1) is 0 Å². The minimum absolute atomic E-state index is 0.00153. The van der Waals surface area contributed by atoms with E-state index in [1.54, 1.807) is 23.1 Å². The zero-order valence-corrected chi connectivity index (χ0v) is 15.8. The standard InChI is InChI=1S/C17H18N2O5S2/c1-24-15(20)5-3-2-4-10-18-16(21)14(26-17(18)25)11-12-6-8-13(9-7-12)19(22)23/h6-9,11H,2-5,10H2,1H3. The number of benzene rings is 1. The zero-order chi connectivity index (χ0) is 19.1. The van der Waals surface area contributed by atoms with Gasteiger partial charge in [-0.1, -0.05) is 30.4 Å². The third kappa shape index (κ3) is 5.37. The van der Waals surface area contributed by atoms with Crippen molar-refractivity contribution >= 4 is 51.9 Å². The molecule has 0 atom stereocenters. The number of amides is 1. The van der Waals surface area contributed by atoms with Crippen molar-refractivity contribution in [3.63, 3.8) is 0 Å². The van der Waals surface area contributed by atoms with E-state index in [0.29, 0.717) is 34.2 Å². The molecule has 1 heterocycles. The van der Waals surface area contributed by atoms with Gasteiger partial charge in [0.15, 0.2) is 0 Å². The molecule has 0 N–H and O–H groups in total. The lowest BCUT2D eigenvalue weighted by molar-refractivity contribution is -0.384. The molecule has 138 valence electrons. The molecule has 0 saturated carbocycles. The molecule has 9 heteroatoms. The van der Waals surface area contributed by atoms with Crippen LogP contribution in [-0.4, -0.2) is 39.7 Å². The number of unbranched alkanes of at least 4 members (excludes halogenated alkanes) is 2. The summed E-state index contributed by atoms with van der Waals surface area (Å²) in [6.07, 6.45) is 4.30. The van der Waals surface area contributed by atoms with Gasteiger partial charge in [-0.3, -0.25) is 24.6 Å². The van der Waals surface area contributed by atoms with Crippen LogP contribution in [0.5, 0.6) is 0 Å². The predicted molar refractivity (Wildman–Crippen MR) is 103 cm³/mol. The van der Waals surface area contributed by atoms with Gasteiger partial charge >= 0.3 is 5.97 Å². The number of ether oxygens (including phenoxy) is 1. The van der Waals surface area contributed by atoms with Crippen LogP contribution in [0.15, 0.2) is 29.2 Å². The summed E-state index contributed by atoms with van der Waals surface area (Å²) in [4.78, 5) is 35.8. The molecule has 1 aliphatic rings. The Morgan fingerprint density at radius 1 is 1.31 bits per heavy atom. The zero-order valence-electron chi connectivity index (χ0n) is 14.2. The molecule has 1 aromatic rings. The van der Waals surface area contributed by atoms with Crippen LogP contribution < -0.4 is 0 Å². The number of rotatable bonds is 8. The lowest BCUT2D eigenvalue weighted by atomic mass is 10.2. The van der Waals surface area contributed by atoms with E-state index in [1.807, 2.05) is 0 Å². The van der Waals surface area contributed by atoms with Crippen molar-refractivity contribution in [2.75, 3.05) is 13.7 Å². The molecule has 7 nitrogen and oxygen atoms in total. The molecule has 1 aromatic carbocycles. The van der Waals surface area contributed by atoms with Crippen LogP contribution in [0.1, 0.15) is 31.2 Å². The number of hydrogen-bond donors (Lipinski definition) is 0. The van der Waals surface area contributed by atoms with Gasteiger partial charge in [-0.2, -0.15) is 0 Å². The summed E-state index contributed by atoms with van der Waals surface area (Å²) in [7, 11) is 1.36. The van der Waals surface area contributed by atoms with Crippen molar-refractivity contribution in [1.82, 2.24) is 4.90 Å². The Hall–Kier alpha value is -2.26. The van der Waals surface area contributed by atoms with Crippen LogP contribution in [-0.2, 0) is 14.3 Å². The highest BCUT2D eigenvalue weighted by molar-refractivity contribution is 8.26. The van der Waals surface area contributed by atoms with E-state index in [9.17, 15) is 19.7 Å². The van der Waals surface area contributed by atoms with Crippen molar-refractivity contribution in [2.24, 2.45) is 0 Å². The maximum absolute atomic E-state index is 12.5. The molecule has 1 saturated heterocycles. The number of nitrogens with zero attached hydrogens (tertiary/aromatic N) is 2. The summed E-state index contributed by atoms with van der Waals surface area (Å²) in [6, 6.07) is 5.98. The third-order valence-corrected chi connectivity index (χ3v) is 5.14. The van der Waals surface area contributed by atoms with E-state index in [4.69, 9.17) is 12.2 Å². The first-order valence-corrected chi connectivity index (χ1v) is 9.21. The SMILES string of the molecule is COC(=O)CCCCCN1C(=O)C(=Cc2ccc([N+](=O)[O-])cc2)SC1=S. The third-order valence-electron chi connectivity index (χ3n) is 3.77. The number of nitro groups is 1. The minimum Gasteiger partial charge on any atom is -0.469 e. The van der Waals surface area contributed by atoms with Crippen LogP contribution in [0.2, 0.25) is 0 Å². The summed E-state index contributed by atoms with van der Waals surface area (Å²) < 4.78 is 5.08. The Labute approximate surface area is 160 Å². The number of non-ortho nitro benzene ring substituents is 1. The van der Waals surface area contributed by atoms with Crippen molar-refractivity contribution < 1.29 is 19.2 Å². The molecule has 2 rings (SSSR count). The van der Waals surface area contributed by atoms with Crippen LogP contribution in [0.4, 0.5) is 5.69 Å². The van der Waals surface area contributed by atoms with E-state index in [1.165, 1.54) is 31.0 Å². The lowest BCUT2D eigenvalue weighted by Crippen LogP contribution is -2.29. The van der Waals surface area contributed by atoms with E-state index in [0.717, 1.165) is 12.8 Å². The Balaban J connectivity index is 1.91. The van der Waals surface area contributed by atoms with Gasteiger partial charge in [0.1, 0.15) is 4.32 Å². The average molecular weight is 394 g/mol. The average Bonchev–Trinajstić information content (AvgIpc) is 2.88. The van der Waals surface area contributed by atoms with Gasteiger partial charge in [0.25, 0.3) is 11.6 Å². The van der Waals surface area contributed by atoms with Gasteiger partial charge in [0.05, 0.1) is 16.9 Å². The first-order chi connectivity index (χ1) is 12.4. The molecular formula is C17H18N2O5S2. The van der Waals surface area contributed by atoms with Gasteiger partial charge in [-0.25, -0.2) is 0 Å². The summed E-state index contributed by atoms with van der Waals surface area (Å²) in [5.74, 6) is -0.395. The van der Waals surface area contributed by atoms with Gasteiger partial charge in [0.2, 0.25) is 0 Å². The van der Waals surface area contributed by atoms with E-state index in [2.05, 4.69) is 4.74 Å². The molecule has 26 heavy (non-hydrogen) atoms. The first kappa shape index (κ1) is 20.1. The number of nitro benzene ring substituents is 1. The molecule has 1 fully saturated rings. The first-order valence-electron chi connectivity index (χ1n) is 7.99. The Morgan fingerprint density at radius 3 is 2.62 bits per heavy atom. The largest absolute Gasteiger partial charge is 0.469 e. The van der Waals surface area contributed by atoms with Crippen LogP contribution in [0.25, 0.3) is 6.08 Å². The normalized spacial score (nSPS) is 15.6. The molecule has 0 unspecified atom stereocenters. The Kier molecular flexibility index (Phi) is 7.28. The molecule has 0 aliphatic carbocycles. The highest BCUT2D eigenvalue weighted by Gasteiger charge is 2.31. The predicted octanol–water partition coefficient (Wildman–Crippen LogP) is 3.53. The van der Waals surface area contributed by atoms with Crippen molar-refractivity contribution in [3.05, 3.63) is 44.8 Å². The molecule has 0 bridgehead atoms. The summed E-state index contributed by atoms with van der Waals surface area (Å²) in [6.45, 7) is 0.503. The van der Waals surface area contributed by atoms with Gasteiger partial charge in [-0.05, 0) is 36.6 Å². The van der Waals surface area contributed by atoms with Gasteiger partial charge in [0, 0.05) is 25.1 Å². The molecule has 1 amide bonds. The lowest BCUT2D eigenvalue weighted by Gasteiger charge is -2.13.